The van der Waals surface area contributed by atoms with E-state index in [9.17, 15) is 14.7 Å². The Balaban J connectivity index is 1.21. The number of aromatic hydroxyl groups is 1. The van der Waals surface area contributed by atoms with Crippen molar-refractivity contribution in [2.75, 3.05) is 5.32 Å². The fourth-order valence-corrected chi connectivity index (χ4v) is 5.71. The molecule has 8 heteroatoms. The Morgan fingerprint density at radius 1 is 1.03 bits per heavy atom. The molecule has 6 rings (SSSR count). The number of thiophene rings is 1. The topological polar surface area (TPSA) is 96.3 Å². The number of fused-ring (bicyclic) bond motifs is 1. The van der Waals surface area contributed by atoms with Crippen LogP contribution in [0.15, 0.2) is 78.9 Å². The van der Waals surface area contributed by atoms with Crippen molar-refractivity contribution in [2.24, 2.45) is 0 Å². The van der Waals surface area contributed by atoms with Crippen molar-refractivity contribution in [1.29, 1.82) is 0 Å². The van der Waals surface area contributed by atoms with E-state index in [4.69, 9.17) is 0 Å². The lowest BCUT2D eigenvalue weighted by Crippen LogP contribution is -2.31. The highest BCUT2D eigenvalue weighted by molar-refractivity contribution is 7.20. The highest BCUT2D eigenvalue weighted by Gasteiger charge is 2.27. The Labute approximate surface area is 230 Å². The minimum absolute atomic E-state index is 0.0194. The number of nitrogens with one attached hydrogen (secondary N) is 2. The smallest absolute Gasteiger partial charge is 0.342 e. The maximum atomic E-state index is 13.1. The summed E-state index contributed by atoms with van der Waals surface area (Å²) in [5.74, 6) is 0.0116. The molecule has 0 unspecified atom stereocenters. The number of carbonyl (C=O) groups excluding carboxylic acids is 2. The number of amides is 2. The largest absolute Gasteiger partial charge is 0.507 e. The Morgan fingerprint density at radius 3 is 2.54 bits per heavy atom. The second kappa shape index (κ2) is 10.4. The summed E-state index contributed by atoms with van der Waals surface area (Å²) < 4.78 is 2.48. The van der Waals surface area contributed by atoms with E-state index in [1.54, 1.807) is 12.1 Å². The van der Waals surface area contributed by atoms with E-state index in [2.05, 4.69) is 15.7 Å². The molecule has 0 atom stereocenters. The van der Waals surface area contributed by atoms with Crippen molar-refractivity contribution in [2.45, 2.75) is 38.6 Å². The lowest BCUT2D eigenvalue weighted by Gasteiger charge is -2.25. The lowest BCUT2D eigenvalue weighted by molar-refractivity contribution is 0.103. The van der Waals surface area contributed by atoms with Crippen molar-refractivity contribution in [3.05, 3.63) is 101 Å². The standard InChI is InChI=1S/C31H28N4O3S/c1-19-9-11-20(12-10-19)18-32-31(38)35-26(21-6-4-7-21)17-25(34-35)24-14-13-23(16-27(24)36)33-30(37)29-15-22-5-2-3-8-28(22)39-29/h2-3,5,8-17,21,36H,4,6-7,18H2,1H3,(H,32,38)(H,33,37). The zero-order chi connectivity index (χ0) is 26.9. The maximum absolute atomic E-state index is 13.1. The summed E-state index contributed by atoms with van der Waals surface area (Å²) in [6, 6.07) is 24.3. The van der Waals surface area contributed by atoms with Gasteiger partial charge in [-0.3, -0.25) is 4.79 Å². The third-order valence-corrected chi connectivity index (χ3v) is 8.31. The Hall–Kier alpha value is -4.43. The first-order chi connectivity index (χ1) is 18.9. The van der Waals surface area contributed by atoms with Crippen LogP contribution in [0.25, 0.3) is 21.3 Å². The molecule has 1 aliphatic carbocycles. The molecule has 5 aromatic rings. The SMILES string of the molecule is Cc1ccc(CNC(=O)n2nc(-c3ccc(NC(=O)c4cc5ccccc5s4)cc3O)cc2C2CCC2)cc1. The summed E-state index contributed by atoms with van der Waals surface area (Å²) in [5.41, 5.74) is 4.52. The van der Waals surface area contributed by atoms with Crippen molar-refractivity contribution in [3.8, 4) is 17.0 Å². The van der Waals surface area contributed by atoms with Gasteiger partial charge in [-0.1, -0.05) is 54.4 Å². The van der Waals surface area contributed by atoms with Gasteiger partial charge in [-0.25, -0.2) is 4.79 Å². The summed E-state index contributed by atoms with van der Waals surface area (Å²) in [6.45, 7) is 2.43. The Morgan fingerprint density at radius 2 is 1.82 bits per heavy atom. The number of aryl methyl sites for hydroxylation is 1. The van der Waals surface area contributed by atoms with Gasteiger partial charge in [-0.2, -0.15) is 9.78 Å². The van der Waals surface area contributed by atoms with Gasteiger partial charge in [0.05, 0.1) is 16.3 Å². The van der Waals surface area contributed by atoms with Gasteiger partial charge in [0.2, 0.25) is 0 Å². The van der Waals surface area contributed by atoms with Crippen LogP contribution in [0.2, 0.25) is 0 Å². The van der Waals surface area contributed by atoms with E-state index in [-0.39, 0.29) is 23.6 Å². The molecule has 3 N–H and O–H groups in total. The molecule has 1 fully saturated rings. The number of hydrogen-bond donors (Lipinski definition) is 3. The van der Waals surface area contributed by atoms with Crippen LogP contribution < -0.4 is 10.6 Å². The summed E-state index contributed by atoms with van der Waals surface area (Å²) in [6.07, 6.45) is 3.13. The third-order valence-electron chi connectivity index (χ3n) is 7.20. The molecule has 0 aliphatic heterocycles. The molecule has 1 aliphatic rings. The number of phenolic OH excluding ortho intramolecular Hbond substituents is 1. The van der Waals surface area contributed by atoms with Gasteiger partial charge >= 0.3 is 6.03 Å². The first-order valence-electron chi connectivity index (χ1n) is 13.0. The number of anilines is 1. The van der Waals surface area contributed by atoms with E-state index < -0.39 is 0 Å². The van der Waals surface area contributed by atoms with E-state index in [0.717, 1.165) is 40.6 Å². The molecule has 0 saturated heterocycles. The summed E-state index contributed by atoms with van der Waals surface area (Å²) >= 11 is 1.42. The molecular formula is C31H28N4O3S. The zero-order valence-electron chi connectivity index (χ0n) is 21.5. The van der Waals surface area contributed by atoms with Crippen LogP contribution >= 0.6 is 11.3 Å². The minimum atomic E-state index is -0.296. The number of rotatable bonds is 6. The normalized spacial score (nSPS) is 13.3. The van der Waals surface area contributed by atoms with Crippen LogP contribution in [-0.4, -0.2) is 26.8 Å². The fraction of sp³-hybridized carbons (Fsp3) is 0.194. The van der Waals surface area contributed by atoms with Crippen molar-refractivity contribution in [3.63, 3.8) is 0 Å². The van der Waals surface area contributed by atoms with Gasteiger partial charge in [0.15, 0.2) is 0 Å². The van der Waals surface area contributed by atoms with E-state index in [1.807, 2.05) is 67.6 Å². The second-order valence-corrected chi connectivity index (χ2v) is 11.1. The summed E-state index contributed by atoms with van der Waals surface area (Å²) in [7, 11) is 0. The van der Waals surface area contributed by atoms with E-state index in [0.29, 0.717) is 28.4 Å². The highest BCUT2D eigenvalue weighted by atomic mass is 32.1. The van der Waals surface area contributed by atoms with Crippen LogP contribution in [0.5, 0.6) is 5.75 Å². The number of carbonyl (C=O) groups is 2. The molecule has 1 saturated carbocycles. The average Bonchev–Trinajstić information content (AvgIpc) is 3.52. The number of nitrogens with zero attached hydrogens (tertiary/aromatic N) is 2. The van der Waals surface area contributed by atoms with E-state index >= 15 is 0 Å². The number of benzene rings is 3. The second-order valence-electron chi connectivity index (χ2n) is 9.97. The quantitative estimate of drug-likeness (QED) is 0.217. The van der Waals surface area contributed by atoms with E-state index in [1.165, 1.54) is 27.6 Å². The summed E-state index contributed by atoms with van der Waals surface area (Å²) in [4.78, 5) is 26.6. The molecule has 2 aromatic heterocycles. The Kier molecular flexibility index (Phi) is 6.62. The predicted molar refractivity (Wildman–Crippen MR) is 155 cm³/mol. The minimum Gasteiger partial charge on any atom is -0.507 e. The van der Waals surface area contributed by atoms with Gasteiger partial charge in [0.1, 0.15) is 5.75 Å². The first kappa shape index (κ1) is 24.9. The molecule has 2 heterocycles. The molecule has 0 radical (unpaired) electrons. The lowest BCUT2D eigenvalue weighted by atomic mass is 9.82. The molecule has 0 bridgehead atoms. The van der Waals surface area contributed by atoms with Crippen LogP contribution in [0.4, 0.5) is 10.5 Å². The summed E-state index contributed by atoms with van der Waals surface area (Å²) in [5, 5.41) is 22.3. The molecule has 7 nitrogen and oxygen atoms in total. The van der Waals surface area contributed by atoms with Crippen LogP contribution in [-0.2, 0) is 6.54 Å². The van der Waals surface area contributed by atoms with Crippen molar-refractivity contribution >= 4 is 39.0 Å². The first-order valence-corrected chi connectivity index (χ1v) is 13.8. The van der Waals surface area contributed by atoms with Gasteiger partial charge < -0.3 is 15.7 Å². The van der Waals surface area contributed by atoms with Crippen molar-refractivity contribution < 1.29 is 14.7 Å². The molecule has 196 valence electrons. The Bertz CT molecular complexity index is 1650. The third kappa shape index (κ3) is 5.15. The van der Waals surface area contributed by atoms with Crippen LogP contribution in [0.1, 0.15) is 51.7 Å². The monoisotopic (exact) mass is 536 g/mol. The molecule has 39 heavy (non-hydrogen) atoms. The zero-order valence-corrected chi connectivity index (χ0v) is 22.3. The predicted octanol–water partition coefficient (Wildman–Crippen LogP) is 7.06. The molecule has 3 aromatic carbocycles. The van der Waals surface area contributed by atoms with Crippen molar-refractivity contribution in [1.82, 2.24) is 15.1 Å². The number of hydrogen-bond acceptors (Lipinski definition) is 5. The molecule has 2 amide bonds. The molecule has 0 spiro atoms. The maximum Gasteiger partial charge on any atom is 0.342 e. The number of aromatic nitrogens is 2. The fourth-order valence-electron chi connectivity index (χ4n) is 4.76. The average molecular weight is 537 g/mol. The number of phenols is 1. The van der Waals surface area contributed by atoms with Gasteiger partial charge in [0, 0.05) is 34.5 Å². The van der Waals surface area contributed by atoms with Crippen LogP contribution in [0, 0.1) is 6.92 Å². The van der Waals surface area contributed by atoms with Gasteiger partial charge in [-0.05, 0) is 61.0 Å². The van der Waals surface area contributed by atoms with Crippen LogP contribution in [0.3, 0.4) is 0 Å². The van der Waals surface area contributed by atoms with Gasteiger partial charge in [0.25, 0.3) is 5.91 Å². The molecular weight excluding hydrogens is 508 g/mol. The van der Waals surface area contributed by atoms with Gasteiger partial charge in [-0.15, -0.1) is 11.3 Å². The highest BCUT2D eigenvalue weighted by Crippen LogP contribution is 2.39.